The van der Waals surface area contributed by atoms with Crippen molar-refractivity contribution in [1.82, 2.24) is 0 Å². The molecular formula is C8H14O4S3. The van der Waals surface area contributed by atoms with Crippen molar-refractivity contribution < 1.29 is 19.4 Å². The molecule has 1 atom stereocenters. The quantitative estimate of drug-likeness (QED) is 0.357. The number of aliphatic hydroxyl groups excluding tert-OH is 1. The van der Waals surface area contributed by atoms with Crippen LogP contribution in [-0.2, 0) is 14.3 Å². The molecule has 0 aliphatic heterocycles. The van der Waals surface area contributed by atoms with Gasteiger partial charge in [0.05, 0.1) is 13.0 Å². The van der Waals surface area contributed by atoms with Crippen molar-refractivity contribution in [1.29, 1.82) is 0 Å². The Bertz CT molecular complexity index is 210. The van der Waals surface area contributed by atoms with Gasteiger partial charge in [-0.05, 0) is 12.2 Å². The lowest BCUT2D eigenvalue weighted by molar-refractivity contribution is -0.144. The van der Waals surface area contributed by atoms with Gasteiger partial charge in [0, 0.05) is 11.5 Å². The number of carbonyl (C=O) groups excluding carboxylic acids is 1. The maximum atomic E-state index is 11.0. The summed E-state index contributed by atoms with van der Waals surface area (Å²) in [5, 5.41) is 9.40. The first-order chi connectivity index (χ1) is 7.11. The van der Waals surface area contributed by atoms with E-state index in [2.05, 4.69) is 25.3 Å². The van der Waals surface area contributed by atoms with E-state index in [9.17, 15) is 9.90 Å². The molecule has 0 saturated heterocycles. The van der Waals surface area contributed by atoms with Crippen LogP contribution in [0.2, 0.25) is 0 Å². The molecule has 0 aromatic heterocycles. The van der Waals surface area contributed by atoms with Gasteiger partial charge in [-0.3, -0.25) is 4.79 Å². The Labute approximate surface area is 105 Å². The van der Waals surface area contributed by atoms with Crippen LogP contribution in [0, 0.1) is 0 Å². The van der Waals surface area contributed by atoms with E-state index >= 15 is 0 Å². The summed E-state index contributed by atoms with van der Waals surface area (Å²) < 4.78 is 9.65. The molecule has 0 saturated carbocycles. The van der Waals surface area contributed by atoms with E-state index in [1.165, 1.54) is 0 Å². The molecular weight excluding hydrogens is 256 g/mol. The van der Waals surface area contributed by atoms with E-state index in [-0.39, 0.29) is 18.1 Å². The van der Waals surface area contributed by atoms with Crippen LogP contribution >= 0.6 is 37.5 Å². The minimum Gasteiger partial charge on any atom is -0.484 e. The van der Waals surface area contributed by atoms with Crippen molar-refractivity contribution >= 4 is 48.5 Å². The van der Waals surface area contributed by atoms with Crippen molar-refractivity contribution in [3.8, 4) is 0 Å². The molecule has 0 amide bonds. The number of thiol groups is 2. The summed E-state index contributed by atoms with van der Waals surface area (Å²) in [5.74, 6) is 0.424. The first kappa shape index (κ1) is 15.0. The Morgan fingerprint density at radius 3 is 2.33 bits per heavy atom. The summed E-state index contributed by atoms with van der Waals surface area (Å²) in [6.45, 7) is 0.531. The van der Waals surface area contributed by atoms with Gasteiger partial charge in [0.1, 0.15) is 12.7 Å². The van der Waals surface area contributed by atoms with Gasteiger partial charge < -0.3 is 14.6 Å². The zero-order valence-corrected chi connectivity index (χ0v) is 10.7. The smallest absolute Gasteiger partial charge is 0.308 e. The van der Waals surface area contributed by atoms with Crippen LogP contribution in [0.3, 0.4) is 0 Å². The van der Waals surface area contributed by atoms with Gasteiger partial charge in [0.15, 0.2) is 5.05 Å². The van der Waals surface area contributed by atoms with Gasteiger partial charge in [0.2, 0.25) is 0 Å². The second-order valence-corrected chi connectivity index (χ2v) is 3.85. The maximum absolute atomic E-state index is 11.0. The predicted octanol–water partition coefficient (Wildman–Crippen LogP) is 0.484. The largest absolute Gasteiger partial charge is 0.484 e. The number of aliphatic hydroxyl groups is 1. The monoisotopic (exact) mass is 270 g/mol. The highest BCUT2D eigenvalue weighted by atomic mass is 32.1. The Hall–Kier alpha value is 0.0200. The van der Waals surface area contributed by atoms with Crippen LogP contribution < -0.4 is 0 Å². The molecule has 0 heterocycles. The van der Waals surface area contributed by atoms with Crippen LogP contribution in [0.15, 0.2) is 0 Å². The molecule has 1 N–H and O–H groups in total. The summed E-state index contributed by atoms with van der Waals surface area (Å²) in [6.07, 6.45) is -1.30. The van der Waals surface area contributed by atoms with E-state index in [1.54, 1.807) is 0 Å². The molecule has 0 aromatic carbocycles. The van der Waals surface area contributed by atoms with Gasteiger partial charge >= 0.3 is 5.97 Å². The summed E-state index contributed by atoms with van der Waals surface area (Å²) in [6, 6.07) is 0. The second kappa shape index (κ2) is 9.26. The van der Waals surface area contributed by atoms with E-state index < -0.39 is 12.1 Å². The molecule has 88 valence electrons. The predicted molar refractivity (Wildman–Crippen MR) is 67.8 cm³/mol. The zero-order valence-electron chi connectivity index (χ0n) is 8.09. The first-order valence-electron chi connectivity index (χ1n) is 4.33. The van der Waals surface area contributed by atoms with Crippen LogP contribution in [0.1, 0.15) is 6.42 Å². The molecule has 0 spiro atoms. The van der Waals surface area contributed by atoms with Crippen molar-refractivity contribution in [2.45, 2.75) is 12.5 Å². The van der Waals surface area contributed by atoms with E-state index in [0.717, 1.165) is 0 Å². The number of hydrogen-bond acceptors (Lipinski definition) is 7. The van der Waals surface area contributed by atoms with E-state index in [4.69, 9.17) is 21.7 Å². The average Bonchev–Trinajstić information content (AvgIpc) is 2.22. The second-order valence-electron chi connectivity index (χ2n) is 2.56. The number of hydrogen-bond donors (Lipinski definition) is 3. The Kier molecular flexibility index (Phi) is 9.27. The highest BCUT2D eigenvalue weighted by Gasteiger charge is 2.17. The molecule has 0 aliphatic rings. The van der Waals surface area contributed by atoms with Crippen LogP contribution in [-0.4, -0.2) is 46.9 Å². The topological polar surface area (TPSA) is 55.8 Å². The van der Waals surface area contributed by atoms with Crippen molar-refractivity contribution in [3.05, 3.63) is 0 Å². The molecule has 0 rings (SSSR count). The van der Waals surface area contributed by atoms with E-state index in [1.807, 2.05) is 0 Å². The number of ether oxygens (including phenoxy) is 2. The molecule has 15 heavy (non-hydrogen) atoms. The lowest BCUT2D eigenvalue weighted by atomic mass is 10.3. The molecule has 0 aromatic rings. The maximum Gasteiger partial charge on any atom is 0.308 e. The molecule has 1 unspecified atom stereocenters. The number of carbonyl (C=O) groups is 1. The minimum atomic E-state index is -1.10. The Morgan fingerprint density at radius 2 is 1.80 bits per heavy atom. The lowest BCUT2D eigenvalue weighted by Gasteiger charge is -2.12. The van der Waals surface area contributed by atoms with Gasteiger partial charge in [-0.2, -0.15) is 25.3 Å². The molecule has 7 heteroatoms. The Morgan fingerprint density at radius 1 is 1.27 bits per heavy atom. The third-order valence-electron chi connectivity index (χ3n) is 1.32. The van der Waals surface area contributed by atoms with Gasteiger partial charge in [-0.15, -0.1) is 0 Å². The first-order valence-corrected chi connectivity index (χ1v) is 6.01. The summed E-state index contributed by atoms with van der Waals surface area (Å²) >= 11 is 12.5. The van der Waals surface area contributed by atoms with Gasteiger partial charge in [-0.25, -0.2) is 0 Å². The van der Waals surface area contributed by atoms with Crippen LogP contribution in [0.25, 0.3) is 0 Å². The standard InChI is InChI=1S/C8H14O4S3/c9-6(8(15)12-2-4-14)5-7(10)11-1-3-13/h6,9,13-14H,1-5H2. The molecule has 0 bridgehead atoms. The van der Waals surface area contributed by atoms with Crippen molar-refractivity contribution in [2.75, 3.05) is 24.7 Å². The van der Waals surface area contributed by atoms with Gasteiger partial charge in [-0.1, -0.05) is 0 Å². The third-order valence-corrected chi connectivity index (χ3v) is 2.08. The fourth-order valence-corrected chi connectivity index (χ4v) is 1.05. The van der Waals surface area contributed by atoms with Crippen molar-refractivity contribution in [2.24, 2.45) is 0 Å². The highest BCUT2D eigenvalue weighted by molar-refractivity contribution is 7.80. The number of thiocarbonyl (C=S) groups is 1. The zero-order chi connectivity index (χ0) is 11.7. The minimum absolute atomic E-state index is 0.00752. The van der Waals surface area contributed by atoms with Crippen LogP contribution in [0.5, 0.6) is 0 Å². The fourth-order valence-electron chi connectivity index (χ4n) is 0.702. The normalized spacial score (nSPS) is 11.9. The summed E-state index contributed by atoms with van der Waals surface area (Å²) in [5.41, 5.74) is 0. The fraction of sp³-hybridized carbons (Fsp3) is 0.750. The highest BCUT2D eigenvalue weighted by Crippen LogP contribution is 2.00. The molecule has 0 radical (unpaired) electrons. The number of rotatable bonds is 7. The molecule has 4 nitrogen and oxygen atoms in total. The van der Waals surface area contributed by atoms with E-state index in [0.29, 0.717) is 18.1 Å². The third kappa shape index (κ3) is 7.89. The average molecular weight is 270 g/mol. The van der Waals surface area contributed by atoms with Crippen LogP contribution in [0.4, 0.5) is 0 Å². The molecule has 0 fully saturated rings. The SMILES string of the molecule is O=C(CC(O)C(=S)OCCS)OCCS. The number of esters is 1. The van der Waals surface area contributed by atoms with Gasteiger partial charge in [0.25, 0.3) is 0 Å². The summed E-state index contributed by atoms with van der Waals surface area (Å²) in [4.78, 5) is 11.0. The molecule has 0 aliphatic carbocycles. The van der Waals surface area contributed by atoms with Crippen molar-refractivity contribution in [3.63, 3.8) is 0 Å². The summed E-state index contributed by atoms with van der Waals surface area (Å²) in [7, 11) is 0. The Balaban J connectivity index is 3.75. The lowest BCUT2D eigenvalue weighted by Crippen LogP contribution is -2.26.